The first-order valence-corrected chi connectivity index (χ1v) is 6.97. The van der Waals surface area contributed by atoms with E-state index in [1.54, 1.807) is 6.92 Å². The second-order valence-corrected chi connectivity index (χ2v) is 5.85. The number of aryl methyl sites for hydroxylation is 1. The fourth-order valence-corrected chi connectivity index (χ4v) is 3.26. The molecule has 0 unspecified atom stereocenters. The highest BCUT2D eigenvalue weighted by Gasteiger charge is 2.32. The molecular formula is C12H17N3O3S. The highest BCUT2D eigenvalue weighted by atomic mass is 32.1. The van der Waals surface area contributed by atoms with Gasteiger partial charge in [-0.15, -0.1) is 0 Å². The zero-order chi connectivity index (χ0) is 14.0. The molecule has 6 nitrogen and oxygen atoms in total. The number of carboxylic acids is 1. The molecule has 1 aliphatic rings. The standard InChI is InChI=1S/C12H17N3O3S/c1-7-9(11(17)18)10(19-15-7)14-8(16)6-12(13)4-2-3-5-12/h2-6,13H2,1H3,(H,14,16)(H,17,18). The minimum absolute atomic E-state index is 0.0656. The number of nitrogens with zero attached hydrogens (tertiary/aromatic N) is 1. The first-order chi connectivity index (χ1) is 8.91. The second-order valence-electron chi connectivity index (χ2n) is 5.07. The summed E-state index contributed by atoms with van der Waals surface area (Å²) >= 11 is 0.986. The fraction of sp³-hybridized carbons (Fsp3) is 0.583. The number of carbonyl (C=O) groups is 2. The van der Waals surface area contributed by atoms with Gasteiger partial charge in [0.2, 0.25) is 5.91 Å². The van der Waals surface area contributed by atoms with Crippen molar-refractivity contribution in [3.63, 3.8) is 0 Å². The third kappa shape index (κ3) is 3.10. The number of nitrogens with one attached hydrogen (secondary N) is 1. The van der Waals surface area contributed by atoms with Gasteiger partial charge in [0, 0.05) is 12.0 Å². The third-order valence-corrected chi connectivity index (χ3v) is 4.30. The highest BCUT2D eigenvalue weighted by molar-refractivity contribution is 7.11. The molecule has 0 radical (unpaired) electrons. The number of nitrogens with two attached hydrogens (primary N) is 1. The van der Waals surface area contributed by atoms with Gasteiger partial charge in [-0.05, 0) is 31.3 Å². The van der Waals surface area contributed by atoms with E-state index in [-0.39, 0.29) is 22.9 Å². The lowest BCUT2D eigenvalue weighted by molar-refractivity contribution is -0.117. The van der Waals surface area contributed by atoms with E-state index in [1.807, 2.05) is 0 Å². The molecule has 7 heteroatoms. The van der Waals surface area contributed by atoms with Crippen LogP contribution >= 0.6 is 11.5 Å². The predicted molar refractivity (Wildman–Crippen MR) is 72.4 cm³/mol. The topological polar surface area (TPSA) is 105 Å². The molecule has 0 atom stereocenters. The van der Waals surface area contributed by atoms with Crippen LogP contribution in [0.1, 0.15) is 48.2 Å². The lowest BCUT2D eigenvalue weighted by atomic mass is 9.94. The Morgan fingerprint density at radius 3 is 2.68 bits per heavy atom. The van der Waals surface area contributed by atoms with Crippen LogP contribution in [0.4, 0.5) is 5.00 Å². The smallest absolute Gasteiger partial charge is 0.340 e. The molecule has 1 aromatic rings. The van der Waals surface area contributed by atoms with Crippen LogP contribution in [0.3, 0.4) is 0 Å². The Balaban J connectivity index is 2.05. The summed E-state index contributed by atoms with van der Waals surface area (Å²) in [5, 5.41) is 12.0. The summed E-state index contributed by atoms with van der Waals surface area (Å²) in [6, 6.07) is 0. The molecule has 104 valence electrons. The van der Waals surface area contributed by atoms with Gasteiger partial charge >= 0.3 is 5.97 Å². The van der Waals surface area contributed by atoms with E-state index in [0.717, 1.165) is 37.2 Å². The van der Waals surface area contributed by atoms with E-state index in [4.69, 9.17) is 10.8 Å². The number of aromatic nitrogens is 1. The van der Waals surface area contributed by atoms with Crippen LogP contribution in [0.25, 0.3) is 0 Å². The molecule has 1 aliphatic carbocycles. The van der Waals surface area contributed by atoms with E-state index in [0.29, 0.717) is 5.69 Å². The predicted octanol–water partition coefficient (Wildman–Crippen LogP) is 1.75. The maximum absolute atomic E-state index is 12.0. The molecule has 1 fully saturated rings. The van der Waals surface area contributed by atoms with Crippen LogP contribution in [0.5, 0.6) is 0 Å². The zero-order valence-electron chi connectivity index (χ0n) is 10.7. The molecule has 4 N–H and O–H groups in total. The van der Waals surface area contributed by atoms with E-state index < -0.39 is 11.5 Å². The summed E-state index contributed by atoms with van der Waals surface area (Å²) in [4.78, 5) is 23.0. The van der Waals surface area contributed by atoms with Crippen molar-refractivity contribution in [3.8, 4) is 0 Å². The monoisotopic (exact) mass is 283 g/mol. The van der Waals surface area contributed by atoms with Gasteiger partial charge in [-0.3, -0.25) is 4.79 Å². The van der Waals surface area contributed by atoms with Crippen LogP contribution < -0.4 is 11.1 Å². The molecule has 1 amide bonds. The Bertz CT molecular complexity index is 506. The minimum atomic E-state index is -1.08. The van der Waals surface area contributed by atoms with Gasteiger partial charge in [-0.2, -0.15) is 4.37 Å². The molecule has 0 aliphatic heterocycles. The fourth-order valence-electron chi connectivity index (χ4n) is 2.45. The lowest BCUT2D eigenvalue weighted by Crippen LogP contribution is -2.40. The van der Waals surface area contributed by atoms with Crippen molar-refractivity contribution >= 4 is 28.4 Å². The summed E-state index contributed by atoms with van der Waals surface area (Å²) in [5.74, 6) is -1.32. The van der Waals surface area contributed by atoms with E-state index in [9.17, 15) is 9.59 Å². The summed E-state index contributed by atoms with van der Waals surface area (Å²) in [5.41, 5.74) is 6.17. The molecule has 1 heterocycles. The largest absolute Gasteiger partial charge is 0.478 e. The van der Waals surface area contributed by atoms with Crippen molar-refractivity contribution in [3.05, 3.63) is 11.3 Å². The third-order valence-electron chi connectivity index (χ3n) is 3.44. The molecule has 0 aromatic carbocycles. The average molecular weight is 283 g/mol. The Labute approximate surface area is 115 Å². The van der Waals surface area contributed by atoms with Gasteiger partial charge < -0.3 is 16.2 Å². The average Bonchev–Trinajstić information content (AvgIpc) is 2.85. The zero-order valence-corrected chi connectivity index (χ0v) is 11.5. The number of anilines is 1. The van der Waals surface area contributed by atoms with Gasteiger partial charge in [-0.25, -0.2) is 4.79 Å². The number of amides is 1. The first kappa shape index (κ1) is 14.0. The maximum atomic E-state index is 12.0. The van der Waals surface area contributed by atoms with Crippen molar-refractivity contribution < 1.29 is 14.7 Å². The molecule has 0 saturated heterocycles. The van der Waals surface area contributed by atoms with Crippen LogP contribution in [0.2, 0.25) is 0 Å². The number of carbonyl (C=O) groups excluding carboxylic acids is 1. The molecular weight excluding hydrogens is 266 g/mol. The molecule has 0 spiro atoms. The molecule has 2 rings (SSSR count). The van der Waals surface area contributed by atoms with Crippen molar-refractivity contribution in [1.29, 1.82) is 0 Å². The first-order valence-electron chi connectivity index (χ1n) is 6.20. The van der Waals surface area contributed by atoms with Crippen LogP contribution in [0.15, 0.2) is 0 Å². The molecule has 1 saturated carbocycles. The molecule has 1 aromatic heterocycles. The normalized spacial score (nSPS) is 17.4. The maximum Gasteiger partial charge on any atom is 0.340 e. The van der Waals surface area contributed by atoms with Crippen molar-refractivity contribution in [2.75, 3.05) is 5.32 Å². The van der Waals surface area contributed by atoms with Gasteiger partial charge in [0.25, 0.3) is 0 Å². The van der Waals surface area contributed by atoms with Crippen LogP contribution in [-0.4, -0.2) is 26.9 Å². The Hall–Kier alpha value is -1.47. The number of carboxylic acid groups (broad SMARTS) is 1. The Morgan fingerprint density at radius 2 is 2.11 bits per heavy atom. The van der Waals surface area contributed by atoms with Crippen molar-refractivity contribution in [2.45, 2.75) is 44.6 Å². The number of hydrogen-bond acceptors (Lipinski definition) is 5. The highest BCUT2D eigenvalue weighted by Crippen LogP contribution is 2.31. The van der Waals surface area contributed by atoms with E-state index in [2.05, 4.69) is 9.69 Å². The second kappa shape index (κ2) is 5.26. The summed E-state index contributed by atoms with van der Waals surface area (Å²) in [6.07, 6.45) is 4.00. The summed E-state index contributed by atoms with van der Waals surface area (Å²) in [6.45, 7) is 1.61. The van der Waals surface area contributed by atoms with Crippen LogP contribution in [0, 0.1) is 6.92 Å². The number of rotatable bonds is 4. The van der Waals surface area contributed by atoms with E-state index >= 15 is 0 Å². The molecule has 0 bridgehead atoms. The number of aromatic carboxylic acids is 1. The van der Waals surface area contributed by atoms with Gasteiger partial charge in [0.05, 0.1) is 5.69 Å². The minimum Gasteiger partial charge on any atom is -0.478 e. The quantitative estimate of drug-likeness (QED) is 0.780. The van der Waals surface area contributed by atoms with Crippen LogP contribution in [-0.2, 0) is 4.79 Å². The van der Waals surface area contributed by atoms with Gasteiger partial charge in [-0.1, -0.05) is 12.8 Å². The van der Waals surface area contributed by atoms with Crippen molar-refractivity contribution in [1.82, 2.24) is 4.37 Å². The lowest BCUT2D eigenvalue weighted by Gasteiger charge is -2.22. The SMILES string of the molecule is Cc1nsc(NC(=O)CC2(N)CCCC2)c1C(=O)O. The summed E-state index contributed by atoms with van der Waals surface area (Å²) < 4.78 is 3.95. The molecule has 19 heavy (non-hydrogen) atoms. The van der Waals surface area contributed by atoms with Crippen molar-refractivity contribution in [2.24, 2.45) is 5.73 Å². The number of hydrogen-bond donors (Lipinski definition) is 3. The van der Waals surface area contributed by atoms with E-state index in [1.165, 1.54) is 0 Å². The van der Waals surface area contributed by atoms with Gasteiger partial charge in [0.15, 0.2) is 0 Å². The summed E-state index contributed by atoms with van der Waals surface area (Å²) in [7, 11) is 0. The Morgan fingerprint density at radius 1 is 1.47 bits per heavy atom. The van der Waals surface area contributed by atoms with Gasteiger partial charge in [0.1, 0.15) is 10.6 Å². The Kier molecular flexibility index (Phi) is 3.86.